The topological polar surface area (TPSA) is 53.5 Å². The molecule has 1 aliphatic rings. The molecule has 1 aromatic carbocycles. The SMILES string of the molecule is O=S(=O)(c1cccc(C(F)(F)F)c1)N1CCN(c2ccccn2)CC1. The summed E-state index contributed by atoms with van der Waals surface area (Å²) >= 11 is 0. The normalized spacial score (nSPS) is 16.8. The Morgan fingerprint density at radius 1 is 0.960 bits per heavy atom. The van der Waals surface area contributed by atoms with Gasteiger partial charge >= 0.3 is 6.18 Å². The fourth-order valence-electron chi connectivity index (χ4n) is 2.68. The van der Waals surface area contributed by atoms with Crippen LogP contribution in [0.15, 0.2) is 53.6 Å². The van der Waals surface area contributed by atoms with Crippen molar-refractivity contribution in [2.24, 2.45) is 0 Å². The van der Waals surface area contributed by atoms with E-state index in [1.807, 2.05) is 17.0 Å². The van der Waals surface area contributed by atoms with E-state index in [9.17, 15) is 21.6 Å². The largest absolute Gasteiger partial charge is 0.416 e. The molecule has 1 saturated heterocycles. The number of benzene rings is 1. The summed E-state index contributed by atoms with van der Waals surface area (Å²) in [5.41, 5.74) is -0.972. The first-order valence-corrected chi connectivity index (χ1v) is 9.06. The summed E-state index contributed by atoms with van der Waals surface area (Å²) in [7, 11) is -3.96. The number of anilines is 1. The summed E-state index contributed by atoms with van der Waals surface area (Å²) in [4.78, 5) is 5.82. The molecule has 0 radical (unpaired) electrons. The summed E-state index contributed by atoms with van der Waals surface area (Å²) in [5, 5.41) is 0. The summed E-state index contributed by atoms with van der Waals surface area (Å²) in [5.74, 6) is 0.749. The van der Waals surface area contributed by atoms with Crippen molar-refractivity contribution >= 4 is 15.8 Å². The molecule has 2 aromatic rings. The molecule has 3 rings (SSSR count). The van der Waals surface area contributed by atoms with Gasteiger partial charge in [-0.3, -0.25) is 0 Å². The summed E-state index contributed by atoms with van der Waals surface area (Å²) in [6.45, 7) is 1.23. The number of alkyl halides is 3. The molecule has 0 spiro atoms. The van der Waals surface area contributed by atoms with E-state index in [1.165, 1.54) is 10.4 Å². The van der Waals surface area contributed by atoms with Crippen LogP contribution >= 0.6 is 0 Å². The van der Waals surface area contributed by atoms with E-state index in [0.29, 0.717) is 19.2 Å². The fraction of sp³-hybridized carbons (Fsp3) is 0.312. The molecule has 0 unspecified atom stereocenters. The standard InChI is InChI=1S/C16H16F3N3O2S/c17-16(18,19)13-4-3-5-14(12-13)25(23,24)22-10-8-21(9-11-22)15-6-1-2-7-20-15/h1-7,12H,8-11H2. The van der Waals surface area contributed by atoms with Crippen molar-refractivity contribution in [3.05, 3.63) is 54.2 Å². The molecule has 0 atom stereocenters. The number of hydrogen-bond donors (Lipinski definition) is 0. The van der Waals surface area contributed by atoms with E-state index in [1.54, 1.807) is 12.3 Å². The number of sulfonamides is 1. The Kier molecular flexibility index (Phi) is 4.70. The van der Waals surface area contributed by atoms with Gasteiger partial charge in [-0.05, 0) is 30.3 Å². The van der Waals surface area contributed by atoms with Crippen LogP contribution in [0.3, 0.4) is 0 Å². The number of piperazine rings is 1. The first-order valence-electron chi connectivity index (χ1n) is 7.62. The van der Waals surface area contributed by atoms with Crippen LogP contribution in [-0.2, 0) is 16.2 Å². The molecular weight excluding hydrogens is 355 g/mol. The highest BCUT2D eigenvalue weighted by molar-refractivity contribution is 7.89. The van der Waals surface area contributed by atoms with Crippen molar-refractivity contribution < 1.29 is 21.6 Å². The molecule has 0 aliphatic carbocycles. The zero-order valence-corrected chi connectivity index (χ0v) is 14.0. The predicted octanol–water partition coefficient (Wildman–Crippen LogP) is 2.61. The highest BCUT2D eigenvalue weighted by Crippen LogP contribution is 2.31. The van der Waals surface area contributed by atoms with E-state index < -0.39 is 21.8 Å². The van der Waals surface area contributed by atoms with Gasteiger partial charge in [0.2, 0.25) is 10.0 Å². The Balaban J connectivity index is 1.76. The van der Waals surface area contributed by atoms with Gasteiger partial charge in [0.25, 0.3) is 0 Å². The van der Waals surface area contributed by atoms with Gasteiger partial charge in [0.05, 0.1) is 10.5 Å². The van der Waals surface area contributed by atoms with Gasteiger partial charge in [0.1, 0.15) is 5.82 Å². The maximum absolute atomic E-state index is 12.8. The van der Waals surface area contributed by atoms with Crippen molar-refractivity contribution in [3.63, 3.8) is 0 Å². The van der Waals surface area contributed by atoms with E-state index >= 15 is 0 Å². The third kappa shape index (κ3) is 3.77. The number of rotatable bonds is 3. The van der Waals surface area contributed by atoms with Crippen LogP contribution < -0.4 is 4.90 Å². The first-order chi connectivity index (χ1) is 11.8. The Hall–Kier alpha value is -2.13. The molecule has 5 nitrogen and oxygen atoms in total. The van der Waals surface area contributed by atoms with E-state index in [-0.39, 0.29) is 18.0 Å². The van der Waals surface area contributed by atoms with Gasteiger partial charge in [-0.15, -0.1) is 0 Å². The molecule has 0 bridgehead atoms. The number of hydrogen-bond acceptors (Lipinski definition) is 4. The van der Waals surface area contributed by atoms with Gasteiger partial charge in [-0.25, -0.2) is 13.4 Å². The molecule has 0 saturated carbocycles. The van der Waals surface area contributed by atoms with Crippen LogP contribution in [0.5, 0.6) is 0 Å². The van der Waals surface area contributed by atoms with Crippen LogP contribution in [0.2, 0.25) is 0 Å². The average Bonchev–Trinajstić information content (AvgIpc) is 2.62. The number of halogens is 3. The molecule has 25 heavy (non-hydrogen) atoms. The minimum atomic E-state index is -4.58. The molecule has 134 valence electrons. The number of nitrogens with zero attached hydrogens (tertiary/aromatic N) is 3. The van der Waals surface area contributed by atoms with E-state index in [0.717, 1.165) is 18.0 Å². The quantitative estimate of drug-likeness (QED) is 0.832. The lowest BCUT2D eigenvalue weighted by molar-refractivity contribution is -0.137. The second-order valence-electron chi connectivity index (χ2n) is 5.60. The molecule has 0 N–H and O–H groups in total. The fourth-order valence-corrected chi connectivity index (χ4v) is 4.15. The minimum absolute atomic E-state index is 0.190. The lowest BCUT2D eigenvalue weighted by Gasteiger charge is -2.34. The molecule has 0 amide bonds. The maximum atomic E-state index is 12.8. The Bertz CT molecular complexity index is 833. The number of aromatic nitrogens is 1. The van der Waals surface area contributed by atoms with Crippen molar-refractivity contribution in [3.8, 4) is 0 Å². The molecule has 2 heterocycles. The van der Waals surface area contributed by atoms with Crippen molar-refractivity contribution in [1.29, 1.82) is 0 Å². The number of pyridine rings is 1. The second kappa shape index (κ2) is 6.64. The maximum Gasteiger partial charge on any atom is 0.416 e. The Morgan fingerprint density at radius 2 is 1.68 bits per heavy atom. The molecule has 1 aliphatic heterocycles. The molecule has 9 heteroatoms. The molecule has 1 aromatic heterocycles. The zero-order chi connectivity index (χ0) is 18.1. The van der Waals surface area contributed by atoms with Crippen LogP contribution in [0.1, 0.15) is 5.56 Å². The van der Waals surface area contributed by atoms with E-state index in [2.05, 4.69) is 4.98 Å². The third-order valence-corrected chi connectivity index (χ3v) is 5.91. The highest BCUT2D eigenvalue weighted by Gasteiger charge is 2.34. The van der Waals surface area contributed by atoms with Gasteiger partial charge in [0, 0.05) is 32.4 Å². The van der Waals surface area contributed by atoms with Crippen molar-refractivity contribution in [1.82, 2.24) is 9.29 Å². The third-order valence-electron chi connectivity index (χ3n) is 4.01. The smallest absolute Gasteiger partial charge is 0.354 e. The van der Waals surface area contributed by atoms with Crippen LogP contribution in [0, 0.1) is 0 Å². The van der Waals surface area contributed by atoms with Crippen molar-refractivity contribution in [2.75, 3.05) is 31.1 Å². The molecule has 1 fully saturated rings. The summed E-state index contributed by atoms with van der Waals surface area (Å²) < 4.78 is 64.9. The van der Waals surface area contributed by atoms with Crippen LogP contribution in [-0.4, -0.2) is 43.9 Å². The first kappa shape index (κ1) is 17.7. The van der Waals surface area contributed by atoms with Gasteiger partial charge in [-0.2, -0.15) is 17.5 Å². The Labute approximate surface area is 143 Å². The van der Waals surface area contributed by atoms with Gasteiger partial charge in [-0.1, -0.05) is 12.1 Å². The van der Waals surface area contributed by atoms with Gasteiger partial charge in [0.15, 0.2) is 0 Å². The summed E-state index contributed by atoms with van der Waals surface area (Å²) in [6.07, 6.45) is -2.93. The highest BCUT2D eigenvalue weighted by atomic mass is 32.2. The predicted molar refractivity (Wildman–Crippen MR) is 86.7 cm³/mol. The Morgan fingerprint density at radius 3 is 2.28 bits per heavy atom. The van der Waals surface area contributed by atoms with Gasteiger partial charge < -0.3 is 4.90 Å². The van der Waals surface area contributed by atoms with Crippen molar-refractivity contribution in [2.45, 2.75) is 11.1 Å². The second-order valence-corrected chi connectivity index (χ2v) is 7.54. The lowest BCUT2D eigenvalue weighted by atomic mass is 10.2. The zero-order valence-electron chi connectivity index (χ0n) is 13.1. The lowest BCUT2D eigenvalue weighted by Crippen LogP contribution is -2.48. The average molecular weight is 371 g/mol. The van der Waals surface area contributed by atoms with E-state index in [4.69, 9.17) is 0 Å². The van der Waals surface area contributed by atoms with Crippen LogP contribution in [0.4, 0.5) is 19.0 Å². The summed E-state index contributed by atoms with van der Waals surface area (Å²) in [6, 6.07) is 9.30. The molecular formula is C16H16F3N3O2S. The van der Waals surface area contributed by atoms with Crippen LogP contribution in [0.25, 0.3) is 0 Å². The minimum Gasteiger partial charge on any atom is -0.354 e. The monoisotopic (exact) mass is 371 g/mol.